The molecule has 0 bridgehead atoms. The van der Waals surface area contributed by atoms with Gasteiger partial charge in [0.15, 0.2) is 0 Å². The Morgan fingerprint density at radius 1 is 1.44 bits per heavy atom. The first-order valence-electron chi connectivity index (χ1n) is 6.31. The van der Waals surface area contributed by atoms with Crippen molar-refractivity contribution in [2.24, 2.45) is 0 Å². The fourth-order valence-electron chi connectivity index (χ4n) is 2.39. The van der Waals surface area contributed by atoms with Crippen molar-refractivity contribution in [2.75, 3.05) is 26.7 Å². The monoisotopic (exact) mass is 252 g/mol. The molecule has 0 unspecified atom stereocenters. The number of hydrogen-bond donors (Lipinski definition) is 1. The van der Waals surface area contributed by atoms with Gasteiger partial charge in [-0.05, 0) is 32.0 Å². The van der Waals surface area contributed by atoms with Crippen molar-refractivity contribution < 1.29 is 9.13 Å². The molecule has 0 aromatic heterocycles. The summed E-state index contributed by atoms with van der Waals surface area (Å²) in [6, 6.07) is 4.70. The maximum atomic E-state index is 13.3. The summed E-state index contributed by atoms with van der Waals surface area (Å²) in [5.74, 6) is 0.546. The van der Waals surface area contributed by atoms with Gasteiger partial charge in [-0.2, -0.15) is 0 Å². The Labute approximate surface area is 108 Å². The SMILES string of the molecule is COc1ccc(F)cc1CN1CCNCC1(C)C. The van der Waals surface area contributed by atoms with Crippen molar-refractivity contribution >= 4 is 0 Å². The number of hydrogen-bond acceptors (Lipinski definition) is 3. The highest BCUT2D eigenvalue weighted by molar-refractivity contribution is 5.34. The van der Waals surface area contributed by atoms with Crippen LogP contribution < -0.4 is 10.1 Å². The molecule has 1 saturated heterocycles. The first-order chi connectivity index (χ1) is 8.53. The molecule has 4 heteroatoms. The molecule has 1 fully saturated rings. The maximum Gasteiger partial charge on any atom is 0.123 e. The minimum absolute atomic E-state index is 0.0789. The van der Waals surface area contributed by atoms with Crippen LogP contribution in [0.15, 0.2) is 18.2 Å². The molecule has 0 amide bonds. The summed E-state index contributed by atoms with van der Waals surface area (Å²) in [6.45, 7) is 8.00. The molecule has 1 aromatic rings. The minimum Gasteiger partial charge on any atom is -0.496 e. The van der Waals surface area contributed by atoms with Gasteiger partial charge >= 0.3 is 0 Å². The van der Waals surface area contributed by atoms with Gasteiger partial charge in [-0.3, -0.25) is 4.90 Å². The first-order valence-corrected chi connectivity index (χ1v) is 6.31. The van der Waals surface area contributed by atoms with Gasteiger partial charge in [-0.1, -0.05) is 0 Å². The summed E-state index contributed by atoms with van der Waals surface area (Å²) < 4.78 is 18.6. The normalized spacial score (nSPS) is 19.8. The van der Waals surface area contributed by atoms with E-state index < -0.39 is 0 Å². The highest BCUT2D eigenvalue weighted by Gasteiger charge is 2.29. The quantitative estimate of drug-likeness (QED) is 0.890. The van der Waals surface area contributed by atoms with Crippen LogP contribution in [0, 0.1) is 5.82 Å². The van der Waals surface area contributed by atoms with Crippen molar-refractivity contribution in [3.63, 3.8) is 0 Å². The second-order valence-corrected chi connectivity index (χ2v) is 5.37. The number of rotatable bonds is 3. The molecule has 0 radical (unpaired) electrons. The average Bonchev–Trinajstić information content (AvgIpc) is 2.32. The number of piperazine rings is 1. The van der Waals surface area contributed by atoms with Gasteiger partial charge in [0.2, 0.25) is 0 Å². The van der Waals surface area contributed by atoms with E-state index >= 15 is 0 Å². The maximum absolute atomic E-state index is 13.3. The number of halogens is 1. The summed E-state index contributed by atoms with van der Waals surface area (Å²) in [6.07, 6.45) is 0. The Morgan fingerprint density at radius 3 is 2.89 bits per heavy atom. The zero-order valence-electron chi connectivity index (χ0n) is 11.3. The van der Waals surface area contributed by atoms with Gasteiger partial charge in [0.25, 0.3) is 0 Å². The minimum atomic E-state index is -0.209. The highest BCUT2D eigenvalue weighted by atomic mass is 19.1. The largest absolute Gasteiger partial charge is 0.496 e. The van der Waals surface area contributed by atoms with Crippen molar-refractivity contribution in [3.8, 4) is 5.75 Å². The summed E-state index contributed by atoms with van der Waals surface area (Å²) in [4.78, 5) is 2.36. The summed E-state index contributed by atoms with van der Waals surface area (Å²) >= 11 is 0. The number of ether oxygens (including phenoxy) is 1. The lowest BCUT2D eigenvalue weighted by Gasteiger charge is -2.43. The Balaban J connectivity index is 2.19. The molecular weight excluding hydrogens is 231 g/mol. The molecule has 100 valence electrons. The second kappa shape index (κ2) is 5.24. The van der Waals surface area contributed by atoms with Crippen LogP contribution in [-0.2, 0) is 6.54 Å². The van der Waals surface area contributed by atoms with Crippen LogP contribution >= 0.6 is 0 Å². The van der Waals surface area contributed by atoms with Crippen LogP contribution in [-0.4, -0.2) is 37.2 Å². The smallest absolute Gasteiger partial charge is 0.123 e. The summed E-state index contributed by atoms with van der Waals surface area (Å²) in [5, 5.41) is 3.38. The molecule has 2 rings (SSSR count). The van der Waals surface area contributed by atoms with Crippen LogP contribution in [0.2, 0.25) is 0 Å². The number of nitrogens with one attached hydrogen (secondary N) is 1. The third-order valence-electron chi connectivity index (χ3n) is 3.58. The van der Waals surface area contributed by atoms with Gasteiger partial charge in [-0.15, -0.1) is 0 Å². The summed E-state index contributed by atoms with van der Waals surface area (Å²) in [7, 11) is 1.62. The molecule has 1 aliphatic rings. The Hall–Kier alpha value is -1.13. The molecule has 1 aromatic carbocycles. The lowest BCUT2D eigenvalue weighted by Crippen LogP contribution is -2.57. The fraction of sp³-hybridized carbons (Fsp3) is 0.571. The van der Waals surface area contributed by atoms with E-state index in [1.807, 2.05) is 0 Å². The van der Waals surface area contributed by atoms with Gasteiger partial charge in [0, 0.05) is 37.3 Å². The topological polar surface area (TPSA) is 24.5 Å². The van der Waals surface area contributed by atoms with Crippen molar-refractivity contribution in [2.45, 2.75) is 25.9 Å². The predicted octanol–water partition coefficient (Wildman–Crippen LogP) is 2.02. The predicted molar refractivity (Wildman–Crippen MR) is 70.3 cm³/mol. The van der Waals surface area contributed by atoms with E-state index in [-0.39, 0.29) is 11.4 Å². The third-order valence-corrected chi connectivity index (χ3v) is 3.58. The molecule has 1 aliphatic heterocycles. The molecular formula is C14H21FN2O. The van der Waals surface area contributed by atoms with Crippen LogP contribution in [0.25, 0.3) is 0 Å². The molecule has 0 saturated carbocycles. The summed E-state index contributed by atoms with van der Waals surface area (Å²) in [5.41, 5.74) is 0.989. The molecule has 0 atom stereocenters. The van der Waals surface area contributed by atoms with E-state index in [1.54, 1.807) is 19.2 Å². The molecule has 0 aliphatic carbocycles. The van der Waals surface area contributed by atoms with Gasteiger partial charge in [0.1, 0.15) is 11.6 Å². The number of benzene rings is 1. The zero-order chi connectivity index (χ0) is 13.2. The van der Waals surface area contributed by atoms with Crippen LogP contribution in [0.5, 0.6) is 5.75 Å². The first kappa shape index (κ1) is 13.3. The number of methoxy groups -OCH3 is 1. The van der Waals surface area contributed by atoms with Crippen molar-refractivity contribution in [1.29, 1.82) is 0 Å². The van der Waals surface area contributed by atoms with E-state index in [2.05, 4.69) is 24.1 Å². The molecule has 1 N–H and O–H groups in total. The van der Waals surface area contributed by atoms with Gasteiger partial charge < -0.3 is 10.1 Å². The standard InChI is InChI=1S/C14H21FN2O/c1-14(2)10-16-6-7-17(14)9-11-8-12(15)4-5-13(11)18-3/h4-5,8,16H,6-7,9-10H2,1-3H3. The number of nitrogens with zero attached hydrogens (tertiary/aromatic N) is 1. The van der Waals surface area contributed by atoms with E-state index in [9.17, 15) is 4.39 Å². The molecule has 1 heterocycles. The third kappa shape index (κ3) is 2.82. The lowest BCUT2D eigenvalue weighted by atomic mass is 9.99. The molecule has 0 spiro atoms. The molecule has 18 heavy (non-hydrogen) atoms. The Kier molecular flexibility index (Phi) is 3.88. The van der Waals surface area contributed by atoms with E-state index in [4.69, 9.17) is 4.74 Å². The average molecular weight is 252 g/mol. The van der Waals surface area contributed by atoms with E-state index in [0.29, 0.717) is 0 Å². The Bertz CT molecular complexity index is 420. The second-order valence-electron chi connectivity index (χ2n) is 5.37. The Morgan fingerprint density at radius 2 is 2.22 bits per heavy atom. The van der Waals surface area contributed by atoms with Gasteiger partial charge in [0.05, 0.1) is 7.11 Å². The van der Waals surface area contributed by atoms with Crippen LogP contribution in [0.4, 0.5) is 4.39 Å². The van der Waals surface area contributed by atoms with E-state index in [0.717, 1.165) is 37.5 Å². The van der Waals surface area contributed by atoms with Crippen LogP contribution in [0.1, 0.15) is 19.4 Å². The lowest BCUT2D eigenvalue weighted by molar-refractivity contribution is 0.0818. The van der Waals surface area contributed by atoms with E-state index in [1.165, 1.54) is 6.07 Å². The van der Waals surface area contributed by atoms with Gasteiger partial charge in [-0.25, -0.2) is 4.39 Å². The van der Waals surface area contributed by atoms with Crippen molar-refractivity contribution in [3.05, 3.63) is 29.6 Å². The zero-order valence-corrected chi connectivity index (χ0v) is 11.3. The highest BCUT2D eigenvalue weighted by Crippen LogP contribution is 2.25. The van der Waals surface area contributed by atoms with Crippen molar-refractivity contribution in [1.82, 2.24) is 10.2 Å². The molecule has 3 nitrogen and oxygen atoms in total. The fourth-order valence-corrected chi connectivity index (χ4v) is 2.39. The van der Waals surface area contributed by atoms with Crippen LogP contribution in [0.3, 0.4) is 0 Å².